The molecule has 0 fully saturated rings. The third-order valence-corrected chi connectivity index (χ3v) is 3.68. The molecule has 1 aliphatic rings. The predicted octanol–water partition coefficient (Wildman–Crippen LogP) is 2.92. The van der Waals surface area contributed by atoms with Crippen molar-refractivity contribution in [3.8, 4) is 11.5 Å². The summed E-state index contributed by atoms with van der Waals surface area (Å²) in [6.45, 7) is 6.74. The molecule has 0 radical (unpaired) electrons. The van der Waals surface area contributed by atoms with E-state index < -0.39 is 0 Å². The van der Waals surface area contributed by atoms with Crippen LogP contribution in [0.4, 0.5) is 0 Å². The van der Waals surface area contributed by atoms with E-state index in [4.69, 9.17) is 14.2 Å². The van der Waals surface area contributed by atoms with Crippen molar-refractivity contribution in [1.82, 2.24) is 5.32 Å². The molecule has 1 aromatic carbocycles. The number of hydrogen-bond donors (Lipinski definition) is 1. The maximum Gasteiger partial charge on any atom is 0.128 e. The molecule has 1 N–H and O–H groups in total. The molecule has 20 heavy (non-hydrogen) atoms. The topological polar surface area (TPSA) is 39.7 Å². The van der Waals surface area contributed by atoms with Gasteiger partial charge >= 0.3 is 0 Å². The summed E-state index contributed by atoms with van der Waals surface area (Å²) in [6.07, 6.45) is 1.03. The Labute approximate surface area is 121 Å². The highest BCUT2D eigenvalue weighted by atomic mass is 16.5. The van der Waals surface area contributed by atoms with Crippen LogP contribution in [-0.2, 0) is 4.74 Å². The van der Waals surface area contributed by atoms with E-state index in [1.807, 2.05) is 26.1 Å². The van der Waals surface area contributed by atoms with Gasteiger partial charge in [0, 0.05) is 31.2 Å². The van der Waals surface area contributed by atoms with Gasteiger partial charge in [0.2, 0.25) is 0 Å². The third kappa shape index (κ3) is 3.44. The number of nitrogens with one attached hydrogen (secondary N) is 1. The van der Waals surface area contributed by atoms with Crippen LogP contribution in [0.5, 0.6) is 11.5 Å². The van der Waals surface area contributed by atoms with E-state index in [0.29, 0.717) is 12.6 Å². The summed E-state index contributed by atoms with van der Waals surface area (Å²) < 4.78 is 17.0. The molecule has 2 rings (SSSR count). The van der Waals surface area contributed by atoms with Gasteiger partial charge in [-0.1, -0.05) is 6.07 Å². The zero-order valence-electron chi connectivity index (χ0n) is 13.0. The molecule has 0 saturated heterocycles. The van der Waals surface area contributed by atoms with Crippen molar-refractivity contribution in [1.29, 1.82) is 0 Å². The van der Waals surface area contributed by atoms with Crippen LogP contribution in [0.2, 0.25) is 0 Å². The van der Waals surface area contributed by atoms with E-state index in [1.165, 1.54) is 5.56 Å². The molecule has 4 heteroatoms. The van der Waals surface area contributed by atoms with Crippen molar-refractivity contribution in [2.45, 2.75) is 44.9 Å². The minimum Gasteiger partial charge on any atom is -0.491 e. The van der Waals surface area contributed by atoms with E-state index in [-0.39, 0.29) is 11.7 Å². The highest BCUT2D eigenvalue weighted by Crippen LogP contribution is 2.40. The van der Waals surface area contributed by atoms with Gasteiger partial charge < -0.3 is 19.5 Å². The zero-order chi connectivity index (χ0) is 14.8. The van der Waals surface area contributed by atoms with Crippen molar-refractivity contribution in [2.75, 3.05) is 20.8 Å². The first-order valence-electron chi connectivity index (χ1n) is 7.11. The minimum absolute atomic E-state index is 0.0773. The molecule has 4 nitrogen and oxygen atoms in total. The fourth-order valence-corrected chi connectivity index (χ4v) is 2.46. The minimum atomic E-state index is -0.168. The van der Waals surface area contributed by atoms with Crippen LogP contribution in [0.1, 0.15) is 38.8 Å². The van der Waals surface area contributed by atoms with Crippen molar-refractivity contribution >= 4 is 0 Å². The van der Waals surface area contributed by atoms with Crippen LogP contribution < -0.4 is 14.8 Å². The van der Waals surface area contributed by atoms with Gasteiger partial charge in [-0.05, 0) is 33.9 Å². The largest absolute Gasteiger partial charge is 0.491 e. The predicted molar refractivity (Wildman–Crippen MR) is 79.5 cm³/mol. The van der Waals surface area contributed by atoms with Crippen LogP contribution in [0, 0.1) is 0 Å². The van der Waals surface area contributed by atoms with Gasteiger partial charge in [-0.3, -0.25) is 0 Å². The Bertz CT molecular complexity index is 459. The molecule has 0 aliphatic carbocycles. The van der Waals surface area contributed by atoms with Crippen LogP contribution in [0.3, 0.4) is 0 Å². The Morgan fingerprint density at radius 3 is 2.85 bits per heavy atom. The second-order valence-corrected chi connectivity index (χ2v) is 5.96. The third-order valence-electron chi connectivity index (χ3n) is 3.68. The Kier molecular flexibility index (Phi) is 4.55. The number of ether oxygens (including phenoxy) is 3. The lowest BCUT2D eigenvalue weighted by atomic mass is 9.90. The second-order valence-electron chi connectivity index (χ2n) is 5.96. The van der Waals surface area contributed by atoms with Gasteiger partial charge in [0.15, 0.2) is 0 Å². The molecule has 0 aromatic heterocycles. The van der Waals surface area contributed by atoms with E-state index in [9.17, 15) is 0 Å². The summed E-state index contributed by atoms with van der Waals surface area (Å²) in [5, 5.41) is 3.35. The van der Waals surface area contributed by atoms with Gasteiger partial charge in [0.05, 0.1) is 6.10 Å². The fraction of sp³-hybridized carbons (Fsp3) is 0.625. The lowest BCUT2D eigenvalue weighted by Crippen LogP contribution is -2.38. The molecule has 0 saturated carbocycles. The molecule has 2 unspecified atom stereocenters. The zero-order valence-corrected chi connectivity index (χ0v) is 13.0. The molecular weight excluding hydrogens is 254 g/mol. The van der Waals surface area contributed by atoms with E-state index in [2.05, 4.69) is 25.2 Å². The molecule has 1 heterocycles. The summed E-state index contributed by atoms with van der Waals surface area (Å²) in [6, 6.07) is 6.37. The van der Waals surface area contributed by atoms with Crippen molar-refractivity contribution in [3.05, 3.63) is 23.8 Å². The highest BCUT2D eigenvalue weighted by Gasteiger charge is 2.33. The number of fused-ring (bicyclic) bond motifs is 1. The quantitative estimate of drug-likeness (QED) is 0.899. The summed E-state index contributed by atoms with van der Waals surface area (Å²) in [5.74, 6) is 1.73. The molecule has 0 spiro atoms. The van der Waals surface area contributed by atoms with Crippen LogP contribution in [0.15, 0.2) is 18.2 Å². The molecule has 1 aliphatic heterocycles. The molecule has 112 valence electrons. The van der Waals surface area contributed by atoms with Gasteiger partial charge in [0.25, 0.3) is 0 Å². The maximum atomic E-state index is 6.07. The van der Waals surface area contributed by atoms with Crippen molar-refractivity contribution < 1.29 is 14.2 Å². The standard InChI is InChI=1S/C16H25NO3/c1-11(18-5)10-19-12-6-7-13-14(17-4)9-16(2,3)20-15(13)8-12/h6-8,11,14,17H,9-10H2,1-5H3. The number of rotatable bonds is 5. The van der Waals surface area contributed by atoms with Crippen molar-refractivity contribution in [3.63, 3.8) is 0 Å². The van der Waals surface area contributed by atoms with Crippen LogP contribution >= 0.6 is 0 Å². The lowest BCUT2D eigenvalue weighted by Gasteiger charge is -2.37. The number of methoxy groups -OCH3 is 1. The molecule has 2 atom stereocenters. The Hall–Kier alpha value is -1.26. The summed E-state index contributed by atoms with van der Waals surface area (Å²) >= 11 is 0. The Balaban J connectivity index is 2.17. The van der Waals surface area contributed by atoms with Crippen LogP contribution in [0.25, 0.3) is 0 Å². The van der Waals surface area contributed by atoms with Crippen molar-refractivity contribution in [2.24, 2.45) is 0 Å². The molecule has 0 bridgehead atoms. The van der Waals surface area contributed by atoms with E-state index in [0.717, 1.165) is 17.9 Å². The summed E-state index contributed by atoms with van der Waals surface area (Å²) in [5.41, 5.74) is 1.03. The number of benzene rings is 1. The first kappa shape index (κ1) is 15.1. The average molecular weight is 279 g/mol. The maximum absolute atomic E-state index is 6.07. The lowest BCUT2D eigenvalue weighted by molar-refractivity contribution is 0.0636. The molecular formula is C16H25NO3. The van der Waals surface area contributed by atoms with E-state index in [1.54, 1.807) is 7.11 Å². The highest BCUT2D eigenvalue weighted by molar-refractivity contribution is 5.44. The Morgan fingerprint density at radius 2 is 2.20 bits per heavy atom. The SMILES string of the molecule is CNC1CC(C)(C)Oc2cc(OCC(C)OC)ccc21. The Morgan fingerprint density at radius 1 is 1.45 bits per heavy atom. The first-order valence-corrected chi connectivity index (χ1v) is 7.11. The summed E-state index contributed by atoms with van der Waals surface area (Å²) in [7, 11) is 3.67. The van der Waals surface area contributed by atoms with Gasteiger partial charge in [0.1, 0.15) is 23.7 Å². The van der Waals surface area contributed by atoms with Gasteiger partial charge in [-0.2, -0.15) is 0 Å². The second kappa shape index (κ2) is 6.02. The normalized spacial score (nSPS) is 21.8. The monoisotopic (exact) mass is 279 g/mol. The summed E-state index contributed by atoms with van der Waals surface area (Å²) in [4.78, 5) is 0. The average Bonchev–Trinajstić information content (AvgIpc) is 2.42. The smallest absolute Gasteiger partial charge is 0.128 e. The van der Waals surface area contributed by atoms with Crippen LogP contribution in [-0.4, -0.2) is 32.5 Å². The number of hydrogen-bond acceptors (Lipinski definition) is 4. The molecule has 0 amide bonds. The fourth-order valence-electron chi connectivity index (χ4n) is 2.46. The first-order chi connectivity index (χ1) is 9.45. The van der Waals surface area contributed by atoms with Gasteiger partial charge in [-0.15, -0.1) is 0 Å². The van der Waals surface area contributed by atoms with E-state index >= 15 is 0 Å². The van der Waals surface area contributed by atoms with Gasteiger partial charge in [-0.25, -0.2) is 0 Å². The molecule has 1 aromatic rings.